The first kappa shape index (κ1) is 16.5. The van der Waals surface area contributed by atoms with Crippen LogP contribution in [0.25, 0.3) is 10.8 Å². The number of aliphatic carboxylic acids is 1. The molecule has 0 spiro atoms. The van der Waals surface area contributed by atoms with Gasteiger partial charge in [-0.2, -0.15) is 0 Å². The van der Waals surface area contributed by atoms with E-state index in [0.29, 0.717) is 32.6 Å². The summed E-state index contributed by atoms with van der Waals surface area (Å²) in [6, 6.07) is 14.0. The van der Waals surface area contributed by atoms with Crippen LogP contribution in [0, 0.1) is 0 Å². The van der Waals surface area contributed by atoms with Gasteiger partial charge in [-0.3, -0.25) is 9.59 Å². The van der Waals surface area contributed by atoms with Gasteiger partial charge in [-0.1, -0.05) is 42.5 Å². The topological polar surface area (TPSA) is 66.8 Å². The number of amides is 1. The minimum atomic E-state index is -0.905. The highest BCUT2D eigenvalue weighted by molar-refractivity contribution is 5.83. The van der Waals surface area contributed by atoms with E-state index in [1.54, 1.807) is 4.90 Å². The molecule has 3 rings (SSSR count). The molecule has 0 radical (unpaired) electrons. The highest BCUT2D eigenvalue weighted by Crippen LogP contribution is 2.18. The maximum Gasteiger partial charge on any atom is 0.305 e. The molecule has 0 bridgehead atoms. The lowest BCUT2D eigenvalue weighted by Crippen LogP contribution is -2.49. The van der Waals surface area contributed by atoms with Crippen LogP contribution in [-0.4, -0.2) is 47.7 Å². The number of fused-ring (bicyclic) bond motifs is 1. The number of hydrogen-bond donors (Lipinski definition) is 1. The predicted molar refractivity (Wildman–Crippen MR) is 90.8 cm³/mol. The van der Waals surface area contributed by atoms with Gasteiger partial charge in [-0.15, -0.1) is 0 Å². The Bertz CT molecular complexity index is 743. The highest BCUT2D eigenvalue weighted by Gasteiger charge is 2.28. The van der Waals surface area contributed by atoms with Gasteiger partial charge in [0, 0.05) is 13.0 Å². The second-order valence-corrected chi connectivity index (χ2v) is 6.10. The summed E-state index contributed by atoms with van der Waals surface area (Å²) in [7, 11) is 0. The molecular weight excluding hydrogens is 306 g/mol. The number of morpholine rings is 1. The van der Waals surface area contributed by atoms with E-state index in [1.165, 1.54) is 5.39 Å². The van der Waals surface area contributed by atoms with Crippen molar-refractivity contribution < 1.29 is 19.4 Å². The summed E-state index contributed by atoms with van der Waals surface area (Å²) in [5.41, 5.74) is 1.12. The number of carboxylic acids is 1. The molecule has 24 heavy (non-hydrogen) atoms. The lowest BCUT2D eigenvalue weighted by Gasteiger charge is -2.35. The van der Waals surface area contributed by atoms with Crippen LogP contribution in [-0.2, 0) is 20.7 Å². The molecule has 1 N–H and O–H groups in total. The average molecular weight is 327 g/mol. The van der Waals surface area contributed by atoms with Crippen molar-refractivity contribution in [2.24, 2.45) is 0 Å². The number of aryl methyl sites for hydroxylation is 1. The third-order valence-electron chi connectivity index (χ3n) is 4.40. The molecule has 1 saturated heterocycles. The lowest BCUT2D eigenvalue weighted by molar-refractivity contribution is -0.146. The minimum Gasteiger partial charge on any atom is -0.481 e. The van der Waals surface area contributed by atoms with Crippen molar-refractivity contribution >= 4 is 22.6 Å². The fourth-order valence-corrected chi connectivity index (χ4v) is 3.14. The maximum absolute atomic E-state index is 12.5. The SMILES string of the molecule is O=C(O)CC1COCCN1C(=O)CCc1ccc2ccccc2c1. The average Bonchev–Trinajstić information content (AvgIpc) is 2.59. The summed E-state index contributed by atoms with van der Waals surface area (Å²) in [5.74, 6) is -0.907. The van der Waals surface area contributed by atoms with Crippen LogP contribution in [0.3, 0.4) is 0 Å². The Kier molecular flexibility index (Phi) is 5.11. The zero-order valence-electron chi connectivity index (χ0n) is 13.5. The monoisotopic (exact) mass is 327 g/mol. The van der Waals surface area contributed by atoms with Gasteiger partial charge in [0.2, 0.25) is 5.91 Å². The van der Waals surface area contributed by atoms with Crippen LogP contribution < -0.4 is 0 Å². The molecule has 1 unspecified atom stereocenters. The molecule has 1 amide bonds. The van der Waals surface area contributed by atoms with Gasteiger partial charge in [0.15, 0.2) is 0 Å². The van der Waals surface area contributed by atoms with Gasteiger partial charge in [0.25, 0.3) is 0 Å². The van der Waals surface area contributed by atoms with Gasteiger partial charge in [0.1, 0.15) is 0 Å². The van der Waals surface area contributed by atoms with Gasteiger partial charge in [-0.05, 0) is 22.8 Å². The van der Waals surface area contributed by atoms with Gasteiger partial charge < -0.3 is 14.7 Å². The Morgan fingerprint density at radius 3 is 2.75 bits per heavy atom. The van der Waals surface area contributed by atoms with Crippen LogP contribution in [0.4, 0.5) is 0 Å². The fraction of sp³-hybridized carbons (Fsp3) is 0.368. The van der Waals surface area contributed by atoms with E-state index >= 15 is 0 Å². The molecule has 5 heteroatoms. The summed E-state index contributed by atoms with van der Waals surface area (Å²) >= 11 is 0. The Labute approximate surface area is 140 Å². The molecule has 0 aromatic heterocycles. The van der Waals surface area contributed by atoms with Crippen molar-refractivity contribution in [2.45, 2.75) is 25.3 Å². The number of carbonyl (C=O) groups is 2. The van der Waals surface area contributed by atoms with Crippen molar-refractivity contribution in [3.8, 4) is 0 Å². The van der Waals surface area contributed by atoms with E-state index in [-0.39, 0.29) is 18.4 Å². The lowest BCUT2D eigenvalue weighted by atomic mass is 10.0. The molecule has 1 fully saturated rings. The normalized spacial score (nSPS) is 17.8. The van der Waals surface area contributed by atoms with E-state index in [2.05, 4.69) is 24.3 Å². The number of carboxylic acid groups (broad SMARTS) is 1. The molecule has 1 atom stereocenters. The molecule has 126 valence electrons. The summed E-state index contributed by atoms with van der Waals surface area (Å²) in [4.78, 5) is 25.1. The third-order valence-corrected chi connectivity index (χ3v) is 4.40. The van der Waals surface area contributed by atoms with E-state index in [1.807, 2.05) is 18.2 Å². The van der Waals surface area contributed by atoms with Crippen LogP contribution in [0.15, 0.2) is 42.5 Å². The predicted octanol–water partition coefficient (Wildman–Crippen LogP) is 2.47. The van der Waals surface area contributed by atoms with Crippen LogP contribution in [0.1, 0.15) is 18.4 Å². The second kappa shape index (κ2) is 7.45. The Hall–Kier alpha value is -2.40. The van der Waals surface area contributed by atoms with Crippen molar-refractivity contribution in [1.29, 1.82) is 0 Å². The fourth-order valence-electron chi connectivity index (χ4n) is 3.14. The van der Waals surface area contributed by atoms with E-state index < -0.39 is 5.97 Å². The number of nitrogens with zero attached hydrogens (tertiary/aromatic N) is 1. The number of rotatable bonds is 5. The zero-order chi connectivity index (χ0) is 16.9. The van der Waals surface area contributed by atoms with Crippen molar-refractivity contribution in [3.63, 3.8) is 0 Å². The zero-order valence-corrected chi connectivity index (χ0v) is 13.5. The quantitative estimate of drug-likeness (QED) is 0.916. The third kappa shape index (κ3) is 3.92. The first-order chi connectivity index (χ1) is 11.6. The highest BCUT2D eigenvalue weighted by atomic mass is 16.5. The number of carbonyl (C=O) groups excluding carboxylic acids is 1. The van der Waals surface area contributed by atoms with E-state index in [0.717, 1.165) is 10.9 Å². The summed E-state index contributed by atoms with van der Waals surface area (Å²) in [6.45, 7) is 1.24. The van der Waals surface area contributed by atoms with Crippen molar-refractivity contribution in [1.82, 2.24) is 4.90 Å². The molecule has 0 aliphatic carbocycles. The second-order valence-electron chi connectivity index (χ2n) is 6.10. The molecule has 1 aliphatic heterocycles. The van der Waals surface area contributed by atoms with Crippen LogP contribution in [0.5, 0.6) is 0 Å². The van der Waals surface area contributed by atoms with E-state index in [4.69, 9.17) is 9.84 Å². The number of hydrogen-bond acceptors (Lipinski definition) is 3. The van der Waals surface area contributed by atoms with Gasteiger partial charge in [-0.25, -0.2) is 0 Å². The summed E-state index contributed by atoms with van der Waals surface area (Å²) in [5, 5.41) is 11.3. The molecule has 5 nitrogen and oxygen atoms in total. The van der Waals surface area contributed by atoms with Crippen molar-refractivity contribution in [3.05, 3.63) is 48.0 Å². The van der Waals surface area contributed by atoms with E-state index in [9.17, 15) is 9.59 Å². The minimum absolute atomic E-state index is 0.00212. The Morgan fingerprint density at radius 1 is 1.17 bits per heavy atom. The van der Waals surface area contributed by atoms with Crippen LogP contribution >= 0.6 is 0 Å². The van der Waals surface area contributed by atoms with Crippen molar-refractivity contribution in [2.75, 3.05) is 19.8 Å². The number of benzene rings is 2. The Balaban J connectivity index is 1.63. The molecule has 2 aromatic rings. The van der Waals surface area contributed by atoms with Gasteiger partial charge >= 0.3 is 5.97 Å². The summed E-state index contributed by atoms with van der Waals surface area (Å²) in [6.07, 6.45) is 0.969. The smallest absolute Gasteiger partial charge is 0.305 e. The van der Waals surface area contributed by atoms with Crippen LogP contribution in [0.2, 0.25) is 0 Å². The molecule has 0 saturated carbocycles. The molecule has 1 heterocycles. The largest absolute Gasteiger partial charge is 0.481 e. The van der Waals surface area contributed by atoms with Gasteiger partial charge in [0.05, 0.1) is 25.7 Å². The molecular formula is C19H21NO4. The summed E-state index contributed by atoms with van der Waals surface area (Å²) < 4.78 is 5.32. The molecule has 2 aromatic carbocycles. The number of ether oxygens (including phenoxy) is 1. The Morgan fingerprint density at radius 2 is 1.96 bits per heavy atom. The molecule has 1 aliphatic rings. The first-order valence-corrected chi connectivity index (χ1v) is 8.20. The standard InChI is InChI=1S/C19H21NO4/c21-18(20-9-10-24-13-17(20)12-19(22)23)8-6-14-5-7-15-3-1-2-4-16(15)11-14/h1-5,7,11,17H,6,8-10,12-13H2,(H,22,23). The first-order valence-electron chi connectivity index (χ1n) is 8.20. The maximum atomic E-state index is 12.5.